The average Bonchev–Trinajstić information content (AvgIpc) is 3.06. The van der Waals surface area contributed by atoms with Crippen molar-refractivity contribution in [1.82, 2.24) is 5.32 Å². The third-order valence-corrected chi connectivity index (χ3v) is 3.80. The number of fused-ring (bicyclic) bond motifs is 1. The maximum Gasteiger partial charge on any atom is 0.261 e. The molecular formula is C15H10N2O3S. The first-order valence-electron chi connectivity index (χ1n) is 6.16. The van der Waals surface area contributed by atoms with Crippen LogP contribution in [-0.2, 0) is 4.79 Å². The van der Waals surface area contributed by atoms with Crippen molar-refractivity contribution in [2.45, 2.75) is 0 Å². The molecule has 21 heavy (non-hydrogen) atoms. The normalized spacial score (nSPS) is 13.3. The third-order valence-electron chi connectivity index (χ3n) is 2.96. The summed E-state index contributed by atoms with van der Waals surface area (Å²) in [6, 6.07) is 8.54. The minimum absolute atomic E-state index is 0.209. The second kappa shape index (κ2) is 5.34. The molecule has 3 amide bonds. The molecule has 6 heteroatoms. The maximum atomic E-state index is 11.9. The Morgan fingerprint density at radius 1 is 1.14 bits per heavy atom. The van der Waals surface area contributed by atoms with E-state index in [0.29, 0.717) is 5.69 Å². The SMILES string of the molecule is O=C(/C=C/c1cccs1)Nc1cccc2c1C(=O)NC2=O. The molecule has 0 aliphatic carbocycles. The van der Waals surface area contributed by atoms with Crippen molar-refractivity contribution in [3.05, 3.63) is 57.8 Å². The molecular weight excluding hydrogens is 288 g/mol. The summed E-state index contributed by atoms with van der Waals surface area (Å²) in [5, 5.41) is 6.74. The van der Waals surface area contributed by atoms with E-state index in [9.17, 15) is 14.4 Å². The van der Waals surface area contributed by atoms with Crippen molar-refractivity contribution in [2.75, 3.05) is 5.32 Å². The van der Waals surface area contributed by atoms with Gasteiger partial charge in [0.1, 0.15) is 0 Å². The molecule has 1 aromatic heterocycles. The number of amides is 3. The van der Waals surface area contributed by atoms with Gasteiger partial charge in [-0.25, -0.2) is 0 Å². The fourth-order valence-electron chi connectivity index (χ4n) is 2.04. The highest BCUT2D eigenvalue weighted by molar-refractivity contribution is 7.10. The van der Waals surface area contributed by atoms with E-state index in [1.54, 1.807) is 24.3 Å². The molecule has 2 aromatic rings. The van der Waals surface area contributed by atoms with Gasteiger partial charge in [0.05, 0.1) is 16.8 Å². The largest absolute Gasteiger partial charge is 0.322 e. The summed E-state index contributed by atoms with van der Waals surface area (Å²) in [6.07, 6.45) is 3.08. The van der Waals surface area contributed by atoms with Gasteiger partial charge in [-0.2, -0.15) is 0 Å². The number of imide groups is 1. The van der Waals surface area contributed by atoms with E-state index in [-0.39, 0.29) is 17.0 Å². The monoisotopic (exact) mass is 298 g/mol. The van der Waals surface area contributed by atoms with Crippen molar-refractivity contribution in [3.63, 3.8) is 0 Å². The van der Waals surface area contributed by atoms with Gasteiger partial charge in [-0.3, -0.25) is 19.7 Å². The predicted molar refractivity (Wildman–Crippen MR) is 80.2 cm³/mol. The van der Waals surface area contributed by atoms with Crippen LogP contribution in [0.4, 0.5) is 5.69 Å². The van der Waals surface area contributed by atoms with Crippen LogP contribution in [0.2, 0.25) is 0 Å². The molecule has 0 saturated carbocycles. The first kappa shape index (κ1) is 13.3. The number of rotatable bonds is 3. The van der Waals surface area contributed by atoms with Crippen LogP contribution in [0.3, 0.4) is 0 Å². The number of nitrogens with one attached hydrogen (secondary N) is 2. The van der Waals surface area contributed by atoms with Gasteiger partial charge in [-0.1, -0.05) is 12.1 Å². The van der Waals surface area contributed by atoms with Crippen LogP contribution in [0, 0.1) is 0 Å². The minimum atomic E-state index is -0.492. The zero-order valence-corrected chi connectivity index (χ0v) is 11.6. The first-order valence-corrected chi connectivity index (χ1v) is 7.04. The minimum Gasteiger partial charge on any atom is -0.322 e. The molecule has 0 fully saturated rings. The van der Waals surface area contributed by atoms with E-state index < -0.39 is 11.8 Å². The molecule has 0 bridgehead atoms. The van der Waals surface area contributed by atoms with E-state index in [2.05, 4.69) is 10.6 Å². The van der Waals surface area contributed by atoms with Crippen LogP contribution >= 0.6 is 11.3 Å². The second-order valence-electron chi connectivity index (χ2n) is 4.35. The van der Waals surface area contributed by atoms with Gasteiger partial charge >= 0.3 is 0 Å². The molecule has 1 aromatic carbocycles. The summed E-state index contributed by atoms with van der Waals surface area (Å²) in [5.74, 6) is -1.29. The first-order chi connectivity index (χ1) is 10.1. The number of hydrogen-bond donors (Lipinski definition) is 2. The predicted octanol–water partition coefficient (Wildman–Crippen LogP) is 2.28. The molecule has 0 spiro atoms. The van der Waals surface area contributed by atoms with Gasteiger partial charge in [0, 0.05) is 11.0 Å². The molecule has 104 valence electrons. The van der Waals surface area contributed by atoms with Crippen molar-refractivity contribution in [3.8, 4) is 0 Å². The Morgan fingerprint density at radius 3 is 2.76 bits per heavy atom. The molecule has 1 aliphatic rings. The number of thiophene rings is 1. The Hall–Kier alpha value is -2.73. The van der Waals surface area contributed by atoms with Crippen LogP contribution in [0.25, 0.3) is 6.08 Å². The molecule has 0 saturated heterocycles. The lowest BCUT2D eigenvalue weighted by Gasteiger charge is -2.05. The Morgan fingerprint density at radius 2 is 2.00 bits per heavy atom. The van der Waals surface area contributed by atoms with Crippen LogP contribution < -0.4 is 10.6 Å². The Balaban J connectivity index is 1.82. The summed E-state index contributed by atoms with van der Waals surface area (Å²) in [5.41, 5.74) is 0.817. The quantitative estimate of drug-likeness (QED) is 0.674. The van der Waals surface area contributed by atoms with Crippen molar-refractivity contribution >= 4 is 40.8 Å². The van der Waals surface area contributed by atoms with Crippen LogP contribution in [0.1, 0.15) is 25.6 Å². The summed E-state index contributed by atoms with van der Waals surface area (Å²) in [4.78, 5) is 36.1. The lowest BCUT2D eigenvalue weighted by molar-refractivity contribution is -0.111. The van der Waals surface area contributed by atoms with Gasteiger partial charge in [-0.05, 0) is 29.7 Å². The summed E-state index contributed by atoms with van der Waals surface area (Å²) < 4.78 is 0. The topological polar surface area (TPSA) is 75.3 Å². The molecule has 5 nitrogen and oxygen atoms in total. The van der Waals surface area contributed by atoms with Gasteiger partial charge in [-0.15, -0.1) is 11.3 Å². The number of carbonyl (C=O) groups is 3. The maximum absolute atomic E-state index is 11.9. The van der Waals surface area contributed by atoms with Gasteiger partial charge in [0.2, 0.25) is 5.91 Å². The molecule has 3 rings (SSSR count). The van der Waals surface area contributed by atoms with Crippen LogP contribution in [0.15, 0.2) is 41.8 Å². The van der Waals surface area contributed by atoms with Crippen molar-refractivity contribution in [1.29, 1.82) is 0 Å². The molecule has 0 radical (unpaired) electrons. The summed E-state index contributed by atoms with van der Waals surface area (Å²) in [6.45, 7) is 0. The van der Waals surface area contributed by atoms with E-state index in [4.69, 9.17) is 0 Å². The zero-order valence-electron chi connectivity index (χ0n) is 10.8. The van der Waals surface area contributed by atoms with Crippen LogP contribution in [0.5, 0.6) is 0 Å². The zero-order chi connectivity index (χ0) is 14.8. The Labute approximate surface area is 124 Å². The van der Waals surface area contributed by atoms with Crippen molar-refractivity contribution < 1.29 is 14.4 Å². The molecule has 0 unspecified atom stereocenters. The third kappa shape index (κ3) is 2.61. The number of benzene rings is 1. The molecule has 0 atom stereocenters. The van der Waals surface area contributed by atoms with E-state index in [1.807, 2.05) is 17.5 Å². The van der Waals surface area contributed by atoms with E-state index in [1.165, 1.54) is 17.4 Å². The van der Waals surface area contributed by atoms with E-state index >= 15 is 0 Å². The Bertz CT molecular complexity index is 763. The highest BCUT2D eigenvalue weighted by Gasteiger charge is 2.29. The summed E-state index contributed by atoms with van der Waals surface area (Å²) >= 11 is 1.52. The van der Waals surface area contributed by atoms with Gasteiger partial charge in [0.15, 0.2) is 0 Å². The van der Waals surface area contributed by atoms with Gasteiger partial charge in [0.25, 0.3) is 11.8 Å². The van der Waals surface area contributed by atoms with Crippen LogP contribution in [-0.4, -0.2) is 17.7 Å². The Kier molecular flexibility index (Phi) is 3.37. The number of hydrogen-bond acceptors (Lipinski definition) is 4. The highest BCUT2D eigenvalue weighted by Crippen LogP contribution is 2.24. The summed E-state index contributed by atoms with van der Waals surface area (Å²) in [7, 11) is 0. The lowest BCUT2D eigenvalue weighted by Crippen LogP contribution is -2.20. The number of anilines is 1. The second-order valence-corrected chi connectivity index (χ2v) is 5.33. The standard InChI is InChI=1S/C15H10N2O3S/c18-12(7-6-9-3-2-8-21-9)16-11-5-1-4-10-13(11)15(20)17-14(10)19/h1-8H,(H,16,18)(H,17,19,20)/b7-6+. The molecule has 2 heterocycles. The molecule has 1 aliphatic heterocycles. The number of carbonyl (C=O) groups excluding carboxylic acids is 3. The lowest BCUT2D eigenvalue weighted by atomic mass is 10.1. The fourth-order valence-corrected chi connectivity index (χ4v) is 2.66. The fraction of sp³-hybridized carbons (Fsp3) is 0. The van der Waals surface area contributed by atoms with Gasteiger partial charge < -0.3 is 5.32 Å². The average molecular weight is 298 g/mol. The molecule has 2 N–H and O–H groups in total. The van der Waals surface area contributed by atoms with Crippen molar-refractivity contribution in [2.24, 2.45) is 0 Å². The highest BCUT2D eigenvalue weighted by atomic mass is 32.1. The smallest absolute Gasteiger partial charge is 0.261 e. The van der Waals surface area contributed by atoms with E-state index in [0.717, 1.165) is 4.88 Å².